The Morgan fingerprint density at radius 1 is 1.35 bits per heavy atom. The van der Waals surface area contributed by atoms with Crippen LogP contribution in [0.1, 0.15) is 38.2 Å². The molecule has 0 bridgehead atoms. The second-order valence-corrected chi connectivity index (χ2v) is 7.73. The van der Waals surface area contributed by atoms with E-state index in [0.717, 1.165) is 17.7 Å². The minimum absolute atomic E-state index is 0.409. The third-order valence-corrected chi connectivity index (χ3v) is 5.73. The van der Waals surface area contributed by atoms with Crippen molar-refractivity contribution in [1.29, 1.82) is 5.26 Å². The highest BCUT2D eigenvalue weighted by atomic mass is 79.9. The van der Waals surface area contributed by atoms with Gasteiger partial charge in [0.25, 0.3) is 5.91 Å². The van der Waals surface area contributed by atoms with E-state index in [9.17, 15) is 19.6 Å². The molecule has 1 aliphatic heterocycles. The zero-order valence-electron chi connectivity index (χ0n) is 14.3. The predicted molar refractivity (Wildman–Crippen MR) is 96.7 cm³/mol. The molecular weight excluding hydrogens is 400 g/mol. The second kappa shape index (κ2) is 6.72. The Balaban J connectivity index is 1.77. The van der Waals surface area contributed by atoms with Crippen LogP contribution in [-0.4, -0.2) is 34.8 Å². The minimum Gasteiger partial charge on any atom is -0.336 e. The standard InChI is InChI=1S/C18H19BrN4O3/c1-17(12-6-2-3-7-13(12)19)15(25)23(16(26)22-17)10-14(24)21-18(11-20)8-4-5-9-18/h2-3,6-7H,4-5,8-10H2,1H3,(H,21,24)(H,22,26)/t17-/m1/s1. The molecule has 0 aromatic heterocycles. The maximum absolute atomic E-state index is 12.9. The number of rotatable bonds is 4. The average molecular weight is 419 g/mol. The fourth-order valence-electron chi connectivity index (χ4n) is 3.58. The first-order valence-corrected chi connectivity index (χ1v) is 9.22. The van der Waals surface area contributed by atoms with Gasteiger partial charge in [0.05, 0.1) is 6.07 Å². The molecule has 2 N–H and O–H groups in total. The van der Waals surface area contributed by atoms with Gasteiger partial charge in [-0.25, -0.2) is 4.79 Å². The number of imide groups is 1. The Hall–Kier alpha value is -2.40. The SMILES string of the molecule is C[C@]1(c2ccccc2Br)NC(=O)N(CC(=O)NC2(C#N)CCCC2)C1=O. The molecule has 1 aliphatic carbocycles. The van der Waals surface area contributed by atoms with E-state index in [1.165, 1.54) is 0 Å². The van der Waals surface area contributed by atoms with Crippen molar-refractivity contribution in [3.8, 4) is 6.07 Å². The summed E-state index contributed by atoms with van der Waals surface area (Å²) < 4.78 is 0.692. The molecule has 0 unspecified atom stereocenters. The third kappa shape index (κ3) is 3.07. The molecule has 3 rings (SSSR count). The number of carbonyl (C=O) groups excluding carboxylic acids is 3. The van der Waals surface area contributed by atoms with Crippen LogP contribution in [0.15, 0.2) is 28.7 Å². The van der Waals surface area contributed by atoms with Gasteiger partial charge >= 0.3 is 6.03 Å². The largest absolute Gasteiger partial charge is 0.336 e. The molecular formula is C18H19BrN4O3. The van der Waals surface area contributed by atoms with Crippen LogP contribution in [0.3, 0.4) is 0 Å². The molecule has 0 radical (unpaired) electrons. The predicted octanol–water partition coefficient (Wildman–Crippen LogP) is 2.17. The molecule has 8 heteroatoms. The smallest absolute Gasteiger partial charge is 0.325 e. The van der Waals surface area contributed by atoms with Crippen molar-refractivity contribution in [2.24, 2.45) is 0 Å². The number of nitrogens with one attached hydrogen (secondary N) is 2. The van der Waals surface area contributed by atoms with Crippen LogP contribution >= 0.6 is 15.9 Å². The van der Waals surface area contributed by atoms with Crippen LogP contribution in [0.5, 0.6) is 0 Å². The summed E-state index contributed by atoms with van der Waals surface area (Å²) in [7, 11) is 0. The van der Waals surface area contributed by atoms with Gasteiger partial charge in [0.1, 0.15) is 17.6 Å². The molecule has 136 valence electrons. The normalized spacial score (nSPS) is 24.3. The summed E-state index contributed by atoms with van der Waals surface area (Å²) in [6.07, 6.45) is 2.92. The third-order valence-electron chi connectivity index (χ3n) is 5.04. The Labute approximate surface area is 159 Å². The Morgan fingerprint density at radius 2 is 2.00 bits per heavy atom. The maximum atomic E-state index is 12.9. The maximum Gasteiger partial charge on any atom is 0.325 e. The van der Waals surface area contributed by atoms with Crippen molar-refractivity contribution >= 4 is 33.8 Å². The summed E-state index contributed by atoms with van der Waals surface area (Å²) in [5, 5.41) is 14.7. The van der Waals surface area contributed by atoms with Crippen molar-refractivity contribution in [3.63, 3.8) is 0 Å². The van der Waals surface area contributed by atoms with Crippen molar-refractivity contribution < 1.29 is 14.4 Å². The van der Waals surface area contributed by atoms with E-state index in [4.69, 9.17) is 0 Å². The number of carbonyl (C=O) groups is 3. The van der Waals surface area contributed by atoms with Crippen LogP contribution in [0.2, 0.25) is 0 Å². The number of amides is 4. The van der Waals surface area contributed by atoms with Crippen LogP contribution in [0.4, 0.5) is 4.79 Å². The van der Waals surface area contributed by atoms with Gasteiger partial charge in [-0.15, -0.1) is 0 Å². The number of nitrogens with zero attached hydrogens (tertiary/aromatic N) is 2. The van der Waals surface area contributed by atoms with E-state index in [0.29, 0.717) is 22.9 Å². The van der Waals surface area contributed by atoms with E-state index < -0.39 is 35.5 Å². The molecule has 1 aromatic rings. The first kappa shape index (κ1) is 18.4. The Kier molecular flexibility index (Phi) is 4.76. The molecule has 1 aromatic carbocycles. The molecule has 4 amide bonds. The van der Waals surface area contributed by atoms with Gasteiger partial charge in [-0.2, -0.15) is 5.26 Å². The van der Waals surface area contributed by atoms with Crippen LogP contribution in [0.25, 0.3) is 0 Å². The van der Waals surface area contributed by atoms with E-state index >= 15 is 0 Å². The van der Waals surface area contributed by atoms with Crippen molar-refractivity contribution in [1.82, 2.24) is 15.5 Å². The molecule has 1 saturated carbocycles. The first-order chi connectivity index (χ1) is 12.3. The van der Waals surface area contributed by atoms with Crippen molar-refractivity contribution in [3.05, 3.63) is 34.3 Å². The van der Waals surface area contributed by atoms with Crippen molar-refractivity contribution in [2.45, 2.75) is 43.7 Å². The zero-order chi connectivity index (χ0) is 18.9. The highest BCUT2D eigenvalue weighted by Crippen LogP contribution is 2.34. The number of benzene rings is 1. The average Bonchev–Trinajstić information content (AvgIpc) is 3.15. The van der Waals surface area contributed by atoms with Gasteiger partial charge in [-0.05, 0) is 38.7 Å². The molecule has 1 atom stereocenters. The zero-order valence-corrected chi connectivity index (χ0v) is 15.9. The van der Waals surface area contributed by atoms with E-state index in [-0.39, 0.29) is 0 Å². The molecule has 1 heterocycles. The lowest BCUT2D eigenvalue weighted by atomic mass is 9.92. The summed E-state index contributed by atoms with van der Waals surface area (Å²) in [5.74, 6) is -1.00. The van der Waals surface area contributed by atoms with Gasteiger partial charge in [-0.3, -0.25) is 14.5 Å². The van der Waals surface area contributed by atoms with Gasteiger partial charge in [0, 0.05) is 10.0 Å². The number of nitriles is 1. The quantitative estimate of drug-likeness (QED) is 0.731. The molecule has 0 spiro atoms. The summed E-state index contributed by atoms with van der Waals surface area (Å²) in [4.78, 5) is 38.5. The summed E-state index contributed by atoms with van der Waals surface area (Å²) in [6.45, 7) is 1.20. The lowest BCUT2D eigenvalue weighted by molar-refractivity contribution is -0.135. The lowest BCUT2D eigenvalue weighted by Gasteiger charge is -2.25. The van der Waals surface area contributed by atoms with Crippen molar-refractivity contribution in [2.75, 3.05) is 6.54 Å². The van der Waals surface area contributed by atoms with Gasteiger partial charge in [0.15, 0.2) is 0 Å². The van der Waals surface area contributed by atoms with E-state index in [1.54, 1.807) is 25.1 Å². The summed E-state index contributed by atoms with van der Waals surface area (Å²) in [5.41, 5.74) is -1.52. The molecule has 1 saturated heterocycles. The monoisotopic (exact) mass is 418 g/mol. The fraction of sp³-hybridized carbons (Fsp3) is 0.444. The molecule has 26 heavy (non-hydrogen) atoms. The number of halogens is 1. The number of urea groups is 1. The van der Waals surface area contributed by atoms with Gasteiger partial charge in [-0.1, -0.05) is 34.1 Å². The highest BCUT2D eigenvalue weighted by molar-refractivity contribution is 9.10. The van der Waals surface area contributed by atoms with Gasteiger partial charge < -0.3 is 10.6 Å². The Morgan fingerprint density at radius 3 is 2.62 bits per heavy atom. The highest BCUT2D eigenvalue weighted by Gasteiger charge is 2.50. The Bertz CT molecular complexity index is 813. The number of hydrogen-bond acceptors (Lipinski definition) is 4. The van der Waals surface area contributed by atoms with Gasteiger partial charge in [0.2, 0.25) is 5.91 Å². The molecule has 7 nitrogen and oxygen atoms in total. The first-order valence-electron chi connectivity index (χ1n) is 8.43. The van der Waals surface area contributed by atoms with Crippen LogP contribution in [0, 0.1) is 11.3 Å². The second-order valence-electron chi connectivity index (χ2n) is 6.88. The minimum atomic E-state index is -1.25. The number of hydrogen-bond donors (Lipinski definition) is 2. The fourth-order valence-corrected chi connectivity index (χ4v) is 4.26. The summed E-state index contributed by atoms with van der Waals surface area (Å²) >= 11 is 3.40. The summed E-state index contributed by atoms with van der Waals surface area (Å²) in [6, 6.07) is 8.65. The molecule has 2 fully saturated rings. The topological polar surface area (TPSA) is 102 Å². The molecule has 2 aliphatic rings. The van der Waals surface area contributed by atoms with E-state index in [2.05, 4.69) is 32.6 Å². The lowest BCUT2D eigenvalue weighted by Crippen LogP contribution is -2.50. The van der Waals surface area contributed by atoms with Crippen LogP contribution < -0.4 is 10.6 Å². The van der Waals surface area contributed by atoms with E-state index in [1.807, 2.05) is 6.07 Å². The van der Waals surface area contributed by atoms with Crippen LogP contribution in [-0.2, 0) is 15.1 Å².